The summed E-state index contributed by atoms with van der Waals surface area (Å²) >= 11 is 0.808. The topological polar surface area (TPSA) is 142 Å². The SMILES string of the molecule is CCOC(=O)c1c(NC(=O)c2ccccc2[N+](=O)[O-])sc(C(N)=O)c1C. The number of nitrogens with one attached hydrogen (secondary N) is 1. The van der Waals surface area contributed by atoms with Crippen LogP contribution in [0.3, 0.4) is 0 Å². The molecule has 0 spiro atoms. The predicted molar refractivity (Wildman–Crippen MR) is 94.6 cm³/mol. The van der Waals surface area contributed by atoms with E-state index in [4.69, 9.17) is 10.5 Å². The van der Waals surface area contributed by atoms with E-state index in [0.29, 0.717) is 0 Å². The molecule has 9 nitrogen and oxygen atoms in total. The van der Waals surface area contributed by atoms with Gasteiger partial charge in [0.05, 0.1) is 22.0 Å². The molecule has 0 unspecified atom stereocenters. The van der Waals surface area contributed by atoms with Crippen molar-refractivity contribution in [1.82, 2.24) is 0 Å². The molecule has 1 aromatic heterocycles. The molecule has 2 amide bonds. The third-order valence-electron chi connectivity index (χ3n) is 3.42. The summed E-state index contributed by atoms with van der Waals surface area (Å²) in [6.07, 6.45) is 0. The maximum atomic E-state index is 12.5. The molecule has 0 saturated carbocycles. The molecule has 0 aliphatic rings. The van der Waals surface area contributed by atoms with Crippen LogP contribution in [0.1, 0.15) is 42.9 Å². The van der Waals surface area contributed by atoms with Gasteiger partial charge in [0.25, 0.3) is 17.5 Å². The minimum absolute atomic E-state index is 0.00224. The van der Waals surface area contributed by atoms with Crippen LogP contribution < -0.4 is 11.1 Å². The molecule has 26 heavy (non-hydrogen) atoms. The van der Waals surface area contributed by atoms with Crippen molar-refractivity contribution in [3.63, 3.8) is 0 Å². The number of anilines is 1. The van der Waals surface area contributed by atoms with Crippen LogP contribution in [0.15, 0.2) is 24.3 Å². The second-order valence-electron chi connectivity index (χ2n) is 5.07. The largest absolute Gasteiger partial charge is 0.462 e. The monoisotopic (exact) mass is 377 g/mol. The molecule has 3 N–H and O–H groups in total. The van der Waals surface area contributed by atoms with Crippen molar-refractivity contribution in [2.24, 2.45) is 5.73 Å². The van der Waals surface area contributed by atoms with Crippen molar-refractivity contribution >= 4 is 39.8 Å². The molecule has 0 saturated heterocycles. The molecule has 10 heteroatoms. The Balaban J connectivity index is 2.47. The first-order chi connectivity index (χ1) is 12.3. The van der Waals surface area contributed by atoms with Gasteiger partial charge in [-0.3, -0.25) is 19.7 Å². The number of amides is 2. The van der Waals surface area contributed by atoms with E-state index in [0.717, 1.165) is 11.3 Å². The lowest BCUT2D eigenvalue weighted by Crippen LogP contribution is -2.16. The van der Waals surface area contributed by atoms with Gasteiger partial charge in [0, 0.05) is 6.07 Å². The van der Waals surface area contributed by atoms with E-state index >= 15 is 0 Å². The fourth-order valence-electron chi connectivity index (χ4n) is 2.28. The summed E-state index contributed by atoms with van der Waals surface area (Å²) in [7, 11) is 0. The Labute approximate surface area is 151 Å². The Kier molecular flexibility index (Phi) is 5.68. The average Bonchev–Trinajstić information content (AvgIpc) is 2.91. The zero-order chi connectivity index (χ0) is 19.4. The molecular formula is C16H15N3O6S. The first kappa shape index (κ1) is 19.1. The normalized spacial score (nSPS) is 10.2. The number of benzene rings is 1. The van der Waals surface area contributed by atoms with E-state index in [9.17, 15) is 24.5 Å². The summed E-state index contributed by atoms with van der Waals surface area (Å²) < 4.78 is 4.95. The smallest absolute Gasteiger partial charge is 0.341 e. The summed E-state index contributed by atoms with van der Waals surface area (Å²) in [5.41, 5.74) is 5.00. The molecule has 1 aromatic carbocycles. The second kappa shape index (κ2) is 7.74. The molecule has 0 bridgehead atoms. The second-order valence-corrected chi connectivity index (χ2v) is 6.09. The molecule has 2 rings (SSSR count). The quantitative estimate of drug-likeness (QED) is 0.450. The van der Waals surface area contributed by atoms with Crippen LogP contribution in [0, 0.1) is 17.0 Å². The summed E-state index contributed by atoms with van der Waals surface area (Å²) in [4.78, 5) is 46.7. The number of carbonyl (C=O) groups is 3. The van der Waals surface area contributed by atoms with Crippen LogP contribution in [-0.2, 0) is 4.74 Å². The number of esters is 1. The number of para-hydroxylation sites is 1. The lowest BCUT2D eigenvalue weighted by molar-refractivity contribution is -0.385. The number of nitrogens with two attached hydrogens (primary N) is 1. The number of nitrogens with zero attached hydrogens (tertiary/aromatic N) is 1. The number of nitro benzene ring substituents is 1. The number of carbonyl (C=O) groups excluding carboxylic acids is 3. The zero-order valence-corrected chi connectivity index (χ0v) is 14.7. The van der Waals surface area contributed by atoms with Gasteiger partial charge < -0.3 is 15.8 Å². The fourth-order valence-corrected chi connectivity index (χ4v) is 3.32. The van der Waals surface area contributed by atoms with Crippen LogP contribution >= 0.6 is 11.3 Å². The Hall–Kier alpha value is -3.27. The first-order valence-corrected chi connectivity index (χ1v) is 8.24. The van der Waals surface area contributed by atoms with Crippen LogP contribution in [0.5, 0.6) is 0 Å². The third kappa shape index (κ3) is 3.70. The Morgan fingerprint density at radius 2 is 1.96 bits per heavy atom. The summed E-state index contributed by atoms with van der Waals surface area (Å²) in [5.74, 6) is -2.28. The molecule has 0 radical (unpaired) electrons. The van der Waals surface area contributed by atoms with Crippen molar-refractivity contribution in [3.05, 3.63) is 55.9 Å². The number of thiophene rings is 1. The molecule has 0 aliphatic heterocycles. The van der Waals surface area contributed by atoms with Crippen LogP contribution in [0.2, 0.25) is 0 Å². The molecule has 0 atom stereocenters. The number of ether oxygens (including phenoxy) is 1. The van der Waals surface area contributed by atoms with Gasteiger partial charge in [-0.15, -0.1) is 11.3 Å². The predicted octanol–water partition coefficient (Wildman–Crippen LogP) is 2.49. The molecule has 2 aromatic rings. The highest BCUT2D eigenvalue weighted by molar-refractivity contribution is 7.18. The number of nitro groups is 1. The van der Waals surface area contributed by atoms with Crippen molar-refractivity contribution in [2.45, 2.75) is 13.8 Å². The summed E-state index contributed by atoms with van der Waals surface area (Å²) in [6, 6.07) is 5.38. The average molecular weight is 377 g/mol. The van der Waals surface area contributed by atoms with Gasteiger partial charge in [-0.1, -0.05) is 12.1 Å². The van der Waals surface area contributed by atoms with E-state index in [1.165, 1.54) is 31.2 Å². The number of hydrogen-bond acceptors (Lipinski definition) is 7. The van der Waals surface area contributed by atoms with Crippen LogP contribution in [-0.4, -0.2) is 29.3 Å². The highest BCUT2D eigenvalue weighted by atomic mass is 32.1. The van der Waals surface area contributed by atoms with Gasteiger partial charge in [0.15, 0.2) is 0 Å². The number of primary amides is 1. The number of rotatable bonds is 6. The third-order valence-corrected chi connectivity index (χ3v) is 4.64. The van der Waals surface area contributed by atoms with Gasteiger partial charge in [-0.25, -0.2) is 4.79 Å². The van der Waals surface area contributed by atoms with E-state index < -0.39 is 22.7 Å². The molecular weight excluding hydrogens is 362 g/mol. The summed E-state index contributed by atoms with van der Waals surface area (Å²) in [6.45, 7) is 3.21. The van der Waals surface area contributed by atoms with Gasteiger partial charge in [-0.05, 0) is 25.5 Å². The number of hydrogen-bond donors (Lipinski definition) is 2. The standard InChI is InChI=1S/C16H15N3O6S/c1-3-25-16(22)11-8(2)12(13(17)20)26-15(11)18-14(21)9-6-4-5-7-10(9)19(23)24/h4-7H,3H2,1-2H3,(H2,17,20)(H,18,21). The Morgan fingerprint density at radius 1 is 1.31 bits per heavy atom. The van der Waals surface area contributed by atoms with Gasteiger partial charge in [0.2, 0.25) is 0 Å². The lowest BCUT2D eigenvalue weighted by Gasteiger charge is -2.07. The minimum Gasteiger partial charge on any atom is -0.462 e. The molecule has 136 valence electrons. The Morgan fingerprint density at radius 3 is 2.54 bits per heavy atom. The van der Waals surface area contributed by atoms with Crippen molar-refractivity contribution in [1.29, 1.82) is 0 Å². The molecule has 0 aliphatic carbocycles. The van der Waals surface area contributed by atoms with E-state index in [2.05, 4.69) is 5.32 Å². The fraction of sp³-hybridized carbons (Fsp3) is 0.188. The van der Waals surface area contributed by atoms with Crippen molar-refractivity contribution in [3.8, 4) is 0 Å². The highest BCUT2D eigenvalue weighted by Gasteiger charge is 2.27. The highest BCUT2D eigenvalue weighted by Crippen LogP contribution is 2.34. The minimum atomic E-state index is -0.792. The van der Waals surface area contributed by atoms with Crippen molar-refractivity contribution < 1.29 is 24.0 Å². The lowest BCUT2D eigenvalue weighted by atomic mass is 10.1. The van der Waals surface area contributed by atoms with E-state index in [1.54, 1.807) is 6.92 Å². The van der Waals surface area contributed by atoms with Gasteiger partial charge in [-0.2, -0.15) is 0 Å². The van der Waals surface area contributed by atoms with Crippen LogP contribution in [0.4, 0.5) is 10.7 Å². The Bertz CT molecular complexity index is 905. The molecule has 0 fully saturated rings. The maximum absolute atomic E-state index is 12.5. The summed E-state index contributed by atoms with van der Waals surface area (Å²) in [5, 5.41) is 13.6. The van der Waals surface area contributed by atoms with Gasteiger partial charge >= 0.3 is 5.97 Å². The zero-order valence-electron chi connectivity index (χ0n) is 13.9. The first-order valence-electron chi connectivity index (χ1n) is 7.43. The van der Waals surface area contributed by atoms with E-state index in [1.807, 2.05) is 0 Å². The van der Waals surface area contributed by atoms with Gasteiger partial charge in [0.1, 0.15) is 10.6 Å². The van der Waals surface area contributed by atoms with E-state index in [-0.39, 0.29) is 38.9 Å². The maximum Gasteiger partial charge on any atom is 0.341 e. The van der Waals surface area contributed by atoms with Crippen molar-refractivity contribution in [2.75, 3.05) is 11.9 Å². The molecule has 1 heterocycles. The van der Waals surface area contributed by atoms with Crippen LogP contribution in [0.25, 0.3) is 0 Å².